The Kier molecular flexibility index (Phi) is 3200. The van der Waals surface area contributed by atoms with E-state index in [0.29, 0.717) is 0 Å². The normalized spacial score (nSPS) is 0. The maximum atomic E-state index is 0. The minimum absolute atomic E-state index is 0. The molecular formula is H5CeNiO5. The molecule has 0 aliphatic carbocycles. The monoisotopic (exact) mass is 283 g/mol. The molecule has 0 saturated carbocycles. The Morgan fingerprint density at radius 2 is 0.429 bits per heavy atom. The molecule has 0 fully saturated rings. The molecule has 0 rings (SSSR count). The van der Waals surface area contributed by atoms with Crippen LogP contribution in [-0.4, -0.2) is 27.4 Å². The second-order valence-corrected chi connectivity index (χ2v) is 0. The molecular weight excluding hydrogens is 279 g/mol. The predicted molar refractivity (Wildman–Crippen MR) is 9.68 cm³/mol. The minimum Gasteiger partial charge on any atom is -0.870 e. The molecule has 5 N–H and O–H groups in total. The van der Waals surface area contributed by atoms with Gasteiger partial charge < -0.3 is 27.4 Å². The van der Waals surface area contributed by atoms with Gasteiger partial charge in [-0.2, -0.15) is 0 Å². The topological polar surface area (TPSA) is 150 Å². The Labute approximate surface area is 84.7 Å². The first-order valence-electron chi connectivity index (χ1n) is 0. The van der Waals surface area contributed by atoms with Crippen molar-refractivity contribution in [2.45, 2.75) is 0 Å². The van der Waals surface area contributed by atoms with Crippen LogP contribution in [0.3, 0.4) is 0 Å². The van der Waals surface area contributed by atoms with Gasteiger partial charge in [0.1, 0.15) is 0 Å². The largest absolute Gasteiger partial charge is 3.00 e. The zero-order valence-corrected chi connectivity index (χ0v) is 7.18. The number of hydrogen-bond acceptors (Lipinski definition) is 5. The molecule has 0 saturated heterocycles. The second kappa shape index (κ2) is 122. The van der Waals surface area contributed by atoms with E-state index in [0.717, 1.165) is 0 Å². The van der Waals surface area contributed by atoms with Crippen LogP contribution in [0.2, 0.25) is 0 Å². The van der Waals surface area contributed by atoms with Gasteiger partial charge in [-0.25, -0.2) is 0 Å². The molecule has 0 aliphatic rings. The molecule has 0 heterocycles. The molecule has 0 bridgehead atoms. The zero-order chi connectivity index (χ0) is 0. The first-order valence-corrected chi connectivity index (χ1v) is 0. The smallest absolute Gasteiger partial charge is 0.870 e. The fourth-order valence-corrected chi connectivity index (χ4v) is 0. The maximum absolute atomic E-state index is 0. The fourth-order valence-electron chi connectivity index (χ4n) is 0. The van der Waals surface area contributed by atoms with Gasteiger partial charge in [-0.15, -0.1) is 0 Å². The molecule has 0 aromatic carbocycles. The van der Waals surface area contributed by atoms with Crippen LogP contribution >= 0.6 is 0 Å². The molecule has 7 heavy (non-hydrogen) atoms. The van der Waals surface area contributed by atoms with E-state index in [4.69, 9.17) is 0 Å². The van der Waals surface area contributed by atoms with E-state index in [1.807, 2.05) is 0 Å². The van der Waals surface area contributed by atoms with E-state index in [-0.39, 0.29) is 85.6 Å². The van der Waals surface area contributed by atoms with Crippen molar-refractivity contribution in [1.82, 2.24) is 0 Å². The Hall–Kier alpha value is 1.67. The van der Waals surface area contributed by atoms with Crippen molar-refractivity contribution in [2.75, 3.05) is 0 Å². The van der Waals surface area contributed by atoms with Gasteiger partial charge in [0.25, 0.3) is 0 Å². The standard InChI is InChI=1S/Ce.Ni.5H2O/h;;5*1H2/q+3;+2;;;;;/p-5. The van der Waals surface area contributed by atoms with Crippen LogP contribution in [0.4, 0.5) is 0 Å². The first kappa shape index (κ1) is 183. The van der Waals surface area contributed by atoms with E-state index in [1.54, 1.807) is 0 Å². The van der Waals surface area contributed by atoms with E-state index in [1.165, 1.54) is 0 Å². The summed E-state index contributed by atoms with van der Waals surface area (Å²) in [5.41, 5.74) is 0. The predicted octanol–water partition coefficient (Wildman–Crippen LogP) is -0.886. The van der Waals surface area contributed by atoms with Crippen LogP contribution in [0.15, 0.2) is 0 Å². The van der Waals surface area contributed by atoms with Crippen molar-refractivity contribution in [3.05, 3.63) is 0 Å². The third-order valence-electron chi connectivity index (χ3n) is 0. The molecule has 0 spiro atoms. The molecule has 1 radical (unpaired) electrons. The third-order valence-corrected chi connectivity index (χ3v) is 0. The quantitative estimate of drug-likeness (QED) is 0.528. The van der Waals surface area contributed by atoms with E-state index >= 15 is 0 Å². The summed E-state index contributed by atoms with van der Waals surface area (Å²) >= 11 is 0. The first-order chi connectivity index (χ1) is 0. The molecule has 0 atom stereocenters. The number of rotatable bonds is 0. The van der Waals surface area contributed by atoms with Crippen LogP contribution < -0.4 is 0 Å². The average molecular weight is 284 g/mol. The summed E-state index contributed by atoms with van der Waals surface area (Å²) in [5.74, 6) is 0. The van der Waals surface area contributed by atoms with Crippen molar-refractivity contribution in [1.29, 1.82) is 0 Å². The van der Waals surface area contributed by atoms with Crippen molar-refractivity contribution in [3.63, 3.8) is 0 Å². The summed E-state index contributed by atoms with van der Waals surface area (Å²) < 4.78 is 0. The summed E-state index contributed by atoms with van der Waals surface area (Å²) in [6.45, 7) is 0. The average Bonchev–Trinajstić information content (AvgIpc) is 0. The second-order valence-electron chi connectivity index (χ2n) is 0. The van der Waals surface area contributed by atoms with Crippen molar-refractivity contribution in [3.8, 4) is 0 Å². The van der Waals surface area contributed by atoms with Crippen molar-refractivity contribution >= 4 is 0 Å². The Morgan fingerprint density at radius 1 is 0.429 bits per heavy atom. The molecule has 0 aromatic rings. The van der Waals surface area contributed by atoms with Gasteiger partial charge in [-0.1, -0.05) is 0 Å². The van der Waals surface area contributed by atoms with Gasteiger partial charge in [0, 0.05) is 0 Å². The van der Waals surface area contributed by atoms with Gasteiger partial charge in [0.15, 0.2) is 0 Å². The molecule has 0 aromatic heterocycles. The summed E-state index contributed by atoms with van der Waals surface area (Å²) in [7, 11) is 0. The number of hydrogen-bond donors (Lipinski definition) is 0. The van der Waals surface area contributed by atoms with Gasteiger partial charge >= 0.3 is 58.2 Å². The van der Waals surface area contributed by atoms with Crippen LogP contribution in [-0.2, 0) is 16.5 Å². The molecule has 0 unspecified atom stereocenters. The van der Waals surface area contributed by atoms with Gasteiger partial charge in [-0.05, 0) is 0 Å². The van der Waals surface area contributed by atoms with Crippen molar-refractivity contribution < 1.29 is 85.6 Å². The molecule has 5 nitrogen and oxygen atoms in total. The Balaban J connectivity index is 0. The maximum Gasteiger partial charge on any atom is 3.00 e. The van der Waals surface area contributed by atoms with Crippen LogP contribution in [0, 0.1) is 41.7 Å². The molecule has 0 amide bonds. The van der Waals surface area contributed by atoms with Crippen LogP contribution in [0.5, 0.6) is 0 Å². The van der Waals surface area contributed by atoms with Crippen LogP contribution in [0.1, 0.15) is 0 Å². The summed E-state index contributed by atoms with van der Waals surface area (Å²) in [4.78, 5) is 0. The third kappa shape index (κ3) is 88.4. The zero-order valence-electron chi connectivity index (χ0n) is 3.05. The Bertz CT molecular complexity index is 8.04. The Morgan fingerprint density at radius 3 is 0.429 bits per heavy atom. The summed E-state index contributed by atoms with van der Waals surface area (Å²) in [6, 6.07) is 0. The van der Waals surface area contributed by atoms with Crippen LogP contribution in [0.25, 0.3) is 0 Å². The minimum atomic E-state index is 0. The van der Waals surface area contributed by atoms with E-state index in [2.05, 4.69) is 0 Å². The van der Waals surface area contributed by atoms with Gasteiger partial charge in [0.05, 0.1) is 0 Å². The van der Waals surface area contributed by atoms with E-state index < -0.39 is 0 Å². The van der Waals surface area contributed by atoms with E-state index in [9.17, 15) is 0 Å². The molecule has 0 aliphatic heterocycles. The van der Waals surface area contributed by atoms with Crippen molar-refractivity contribution in [2.24, 2.45) is 0 Å². The summed E-state index contributed by atoms with van der Waals surface area (Å²) in [6.07, 6.45) is 0. The fraction of sp³-hybridized carbons (Fsp3) is 0. The molecule has 49 valence electrons. The van der Waals surface area contributed by atoms with Gasteiger partial charge in [-0.3, -0.25) is 0 Å². The van der Waals surface area contributed by atoms with Gasteiger partial charge in [0.2, 0.25) is 0 Å². The summed E-state index contributed by atoms with van der Waals surface area (Å²) in [5, 5.41) is 0. The molecule has 7 heteroatoms. The SMILES string of the molecule is [Ce+3].[Ni+2].[OH-].[OH-].[OH-].[OH-].[OH-].